The molecule has 0 spiro atoms. The first-order valence-electron chi connectivity index (χ1n) is 17.0. The van der Waals surface area contributed by atoms with Crippen LogP contribution in [0.15, 0.2) is 36.5 Å². The van der Waals surface area contributed by atoms with Gasteiger partial charge in [-0.2, -0.15) is 9.97 Å². The summed E-state index contributed by atoms with van der Waals surface area (Å²) < 4.78 is 53.2. The van der Waals surface area contributed by atoms with Crippen molar-refractivity contribution in [2.45, 2.75) is 69.5 Å². The number of carbonyl (C=O) groups is 1. The Kier molecular flexibility index (Phi) is 7.90. The summed E-state index contributed by atoms with van der Waals surface area (Å²) in [6, 6.07) is 8.60. The maximum atomic E-state index is 16.9. The summed E-state index contributed by atoms with van der Waals surface area (Å²) in [5, 5.41) is 4.87. The lowest BCUT2D eigenvalue weighted by molar-refractivity contribution is -0.121. The van der Waals surface area contributed by atoms with E-state index in [9.17, 15) is 9.18 Å². The molecule has 5 aliphatic rings. The molecule has 6 bridgehead atoms. The van der Waals surface area contributed by atoms with E-state index in [0.717, 1.165) is 50.6 Å². The third kappa shape index (κ3) is 5.56. The van der Waals surface area contributed by atoms with Crippen LogP contribution in [0.5, 0.6) is 6.01 Å². The summed E-state index contributed by atoms with van der Waals surface area (Å²) in [4.78, 5) is 31.2. The van der Waals surface area contributed by atoms with Gasteiger partial charge < -0.3 is 15.0 Å². The first-order chi connectivity index (χ1) is 22.9. The molecule has 2 aromatic carbocycles. The number of anilines is 1. The molecule has 0 saturated carbocycles. The molecular formula is C36H41F3N6O2. The number of aryl methyl sites for hydroxylation is 1. The van der Waals surface area contributed by atoms with Crippen LogP contribution in [-0.2, 0) is 11.2 Å². The highest BCUT2D eigenvalue weighted by Crippen LogP contribution is 2.41. The standard InChI is InChI=1S/C36H39F3N6O2.H2/c37-24-17-36(13-4-16-45(36)20-24)21-47-35-42-33-27-18-41-32(31(33)39)26-8-1-6-23-10-11-28(38)25(30(23)26)7-2-9-29(46)40-14-12-22-5-3-15-44(19-22)34(27)43-35;/h1,6,8,10-11,18,22,24H,2-5,7,9,12-17,19-21H2,(H,40,46);1H/t22?,24-,36+;/m1./s1. The first-order valence-corrected chi connectivity index (χ1v) is 17.0. The van der Waals surface area contributed by atoms with Gasteiger partial charge in [-0.05, 0) is 79.8 Å². The number of alkyl halides is 1. The van der Waals surface area contributed by atoms with Gasteiger partial charge in [0.25, 0.3) is 0 Å². The first kappa shape index (κ1) is 30.4. The number of nitrogens with zero attached hydrogens (tertiary/aromatic N) is 5. The minimum atomic E-state index is -0.899. The van der Waals surface area contributed by atoms with Crippen molar-refractivity contribution in [3.8, 4) is 17.3 Å². The normalized spacial score (nSPS) is 25.3. The second-order valence-electron chi connectivity index (χ2n) is 13.8. The van der Waals surface area contributed by atoms with Crippen molar-refractivity contribution in [3.05, 3.63) is 53.7 Å². The molecule has 0 aliphatic carbocycles. The molecule has 1 amide bonds. The van der Waals surface area contributed by atoms with Crippen LogP contribution in [0.3, 0.4) is 0 Å². The molecule has 1 N–H and O–H groups in total. The summed E-state index contributed by atoms with van der Waals surface area (Å²) in [5.41, 5.74) is 0.649. The lowest BCUT2D eigenvalue weighted by atomic mass is 9.93. The molecule has 2 aromatic heterocycles. The van der Waals surface area contributed by atoms with Crippen molar-refractivity contribution in [2.75, 3.05) is 44.2 Å². The Morgan fingerprint density at radius 3 is 2.87 bits per heavy atom. The molecule has 3 fully saturated rings. The third-order valence-corrected chi connectivity index (χ3v) is 10.7. The minimum Gasteiger partial charge on any atom is -0.461 e. The zero-order valence-corrected chi connectivity index (χ0v) is 26.4. The van der Waals surface area contributed by atoms with Crippen LogP contribution in [0.4, 0.5) is 19.0 Å². The van der Waals surface area contributed by atoms with Crippen molar-refractivity contribution in [2.24, 2.45) is 5.92 Å². The number of pyridine rings is 1. The number of halogens is 3. The second-order valence-corrected chi connectivity index (χ2v) is 13.8. The Labute approximate surface area is 273 Å². The molecule has 7 heterocycles. The quantitative estimate of drug-likeness (QED) is 0.277. The van der Waals surface area contributed by atoms with Gasteiger partial charge in [0.05, 0.1) is 10.9 Å². The predicted molar refractivity (Wildman–Crippen MR) is 176 cm³/mol. The van der Waals surface area contributed by atoms with Crippen LogP contribution in [0, 0.1) is 17.6 Å². The van der Waals surface area contributed by atoms with Gasteiger partial charge >= 0.3 is 6.01 Å². The lowest BCUT2D eigenvalue weighted by Crippen LogP contribution is -2.43. The molecule has 9 rings (SSSR count). The number of aromatic nitrogens is 3. The highest BCUT2D eigenvalue weighted by atomic mass is 19.1. The fraction of sp³-hybridized carbons (Fsp3) is 0.500. The summed E-state index contributed by atoms with van der Waals surface area (Å²) in [6.07, 6.45) is 6.74. The average Bonchev–Trinajstić information content (AvgIpc) is 3.60. The van der Waals surface area contributed by atoms with E-state index in [-0.39, 0.29) is 37.6 Å². The van der Waals surface area contributed by atoms with Crippen LogP contribution in [-0.4, -0.2) is 76.8 Å². The fourth-order valence-corrected chi connectivity index (χ4v) is 8.46. The highest BCUT2D eigenvalue weighted by Gasteiger charge is 2.49. The highest BCUT2D eigenvalue weighted by molar-refractivity contribution is 6.01. The van der Waals surface area contributed by atoms with E-state index in [1.165, 1.54) is 6.07 Å². The number of piperidine rings is 1. The summed E-state index contributed by atoms with van der Waals surface area (Å²) in [6.45, 7) is 3.44. The molecule has 3 saturated heterocycles. The summed E-state index contributed by atoms with van der Waals surface area (Å²) in [5.74, 6) is -0.220. The molecule has 4 aromatic rings. The zero-order chi connectivity index (χ0) is 32.1. The van der Waals surface area contributed by atoms with E-state index in [4.69, 9.17) is 9.72 Å². The maximum Gasteiger partial charge on any atom is 0.319 e. The van der Waals surface area contributed by atoms with Gasteiger partial charge in [0.1, 0.15) is 35.6 Å². The second kappa shape index (κ2) is 12.2. The van der Waals surface area contributed by atoms with Crippen LogP contribution in [0.2, 0.25) is 0 Å². The van der Waals surface area contributed by atoms with Gasteiger partial charge in [-0.15, -0.1) is 0 Å². The van der Waals surface area contributed by atoms with E-state index in [0.29, 0.717) is 72.5 Å². The molecule has 3 atom stereocenters. The van der Waals surface area contributed by atoms with Crippen molar-refractivity contribution < 1.29 is 24.1 Å². The van der Waals surface area contributed by atoms with Crippen molar-refractivity contribution in [1.82, 2.24) is 25.2 Å². The maximum absolute atomic E-state index is 16.9. The van der Waals surface area contributed by atoms with Gasteiger partial charge in [-0.1, -0.05) is 24.3 Å². The smallest absolute Gasteiger partial charge is 0.319 e. The van der Waals surface area contributed by atoms with Crippen molar-refractivity contribution >= 4 is 33.4 Å². The fourth-order valence-electron chi connectivity index (χ4n) is 8.46. The number of benzene rings is 2. The topological polar surface area (TPSA) is 83.5 Å². The van der Waals surface area contributed by atoms with E-state index in [2.05, 4.69) is 25.1 Å². The van der Waals surface area contributed by atoms with Gasteiger partial charge in [-0.3, -0.25) is 14.7 Å². The van der Waals surface area contributed by atoms with Gasteiger partial charge in [0.15, 0.2) is 5.82 Å². The number of ether oxygens (including phenoxy) is 1. The molecule has 248 valence electrons. The molecule has 47 heavy (non-hydrogen) atoms. The number of nitrogens with one attached hydrogen (secondary N) is 1. The van der Waals surface area contributed by atoms with Crippen LogP contribution in [0.1, 0.15) is 58.4 Å². The average molecular weight is 647 g/mol. The van der Waals surface area contributed by atoms with Gasteiger partial charge in [-0.25, -0.2) is 13.2 Å². The molecule has 11 heteroatoms. The molecule has 8 nitrogen and oxygen atoms in total. The van der Waals surface area contributed by atoms with Crippen LogP contribution < -0.4 is 15.0 Å². The Morgan fingerprint density at radius 1 is 1.04 bits per heavy atom. The number of rotatable bonds is 3. The molecule has 1 unspecified atom stereocenters. The van der Waals surface area contributed by atoms with Crippen molar-refractivity contribution in [1.29, 1.82) is 0 Å². The Morgan fingerprint density at radius 2 is 1.96 bits per heavy atom. The number of hydrogen-bond donors (Lipinski definition) is 1. The SMILES string of the molecule is O=C1CCCc2c(F)ccc3cccc(c23)-c2ncc3c(nc(OC[C@@]45CCCN4C[C@H](F)C5)nc3c2F)N2CCCC(CCN1)C2.[HH]. The number of amides is 1. The summed E-state index contributed by atoms with van der Waals surface area (Å²) >= 11 is 0. The van der Waals surface area contributed by atoms with Crippen molar-refractivity contribution in [3.63, 3.8) is 0 Å². The Bertz CT molecular complexity index is 1860. The lowest BCUT2D eigenvalue weighted by Gasteiger charge is -2.34. The third-order valence-electron chi connectivity index (χ3n) is 10.7. The van der Waals surface area contributed by atoms with E-state index in [1.807, 2.05) is 12.1 Å². The van der Waals surface area contributed by atoms with Gasteiger partial charge in [0, 0.05) is 52.2 Å². The molecule has 0 radical (unpaired) electrons. The van der Waals surface area contributed by atoms with E-state index < -0.39 is 23.3 Å². The number of hydrogen-bond acceptors (Lipinski definition) is 7. The van der Waals surface area contributed by atoms with E-state index in [1.54, 1.807) is 18.3 Å². The summed E-state index contributed by atoms with van der Waals surface area (Å²) in [7, 11) is 0. The minimum absolute atomic E-state index is 0. The monoisotopic (exact) mass is 646 g/mol. The van der Waals surface area contributed by atoms with Crippen LogP contribution >= 0.6 is 0 Å². The number of carbonyl (C=O) groups excluding carboxylic acids is 1. The van der Waals surface area contributed by atoms with E-state index >= 15 is 8.78 Å². The molecular weight excluding hydrogens is 605 g/mol. The molecule has 5 aliphatic heterocycles. The Balaban J connectivity index is 0.00000364. The van der Waals surface area contributed by atoms with Gasteiger partial charge in [0.2, 0.25) is 5.91 Å². The Hall–Kier alpha value is -3.99. The zero-order valence-electron chi connectivity index (χ0n) is 26.4. The number of fused-ring (bicyclic) bond motifs is 8. The largest absolute Gasteiger partial charge is 0.461 e. The predicted octanol–water partition coefficient (Wildman–Crippen LogP) is 6.38. The van der Waals surface area contributed by atoms with Crippen LogP contribution in [0.25, 0.3) is 32.9 Å².